The van der Waals surface area contributed by atoms with Crippen LogP contribution in [0, 0.1) is 0 Å². The van der Waals surface area contributed by atoms with Gasteiger partial charge in [0.05, 0.1) is 0 Å². The van der Waals surface area contributed by atoms with Gasteiger partial charge in [0.2, 0.25) is 0 Å². The lowest BCUT2D eigenvalue weighted by Crippen LogP contribution is -2.32. The molecule has 20 heavy (non-hydrogen) atoms. The fraction of sp³-hybridized carbons (Fsp3) is 0.333. The molecule has 0 saturated carbocycles. The monoisotopic (exact) mass is 331 g/mol. The molecule has 2 heteroatoms. The fourth-order valence-electron chi connectivity index (χ4n) is 2.42. The zero-order valence-electron chi connectivity index (χ0n) is 12.1. The summed E-state index contributed by atoms with van der Waals surface area (Å²) in [5, 5.41) is 3.74. The molecule has 1 N–H and O–H groups in total. The van der Waals surface area contributed by atoms with Crippen molar-refractivity contribution in [2.75, 3.05) is 0 Å². The number of benzene rings is 2. The largest absolute Gasteiger partial charge is 0.307 e. The normalized spacial score (nSPS) is 13.9. The first kappa shape index (κ1) is 15.3. The maximum atomic E-state index is 3.74. The minimum atomic E-state index is 0.372. The van der Waals surface area contributed by atoms with Crippen molar-refractivity contribution < 1.29 is 0 Å². The molecule has 0 aliphatic heterocycles. The van der Waals surface area contributed by atoms with E-state index < -0.39 is 0 Å². The Morgan fingerprint density at radius 3 is 2.25 bits per heavy atom. The maximum absolute atomic E-state index is 3.74. The highest BCUT2D eigenvalue weighted by Gasteiger charge is 2.12. The molecule has 2 atom stereocenters. The van der Waals surface area contributed by atoms with Crippen LogP contribution in [0.1, 0.15) is 37.4 Å². The van der Waals surface area contributed by atoms with Gasteiger partial charge in [0.1, 0.15) is 0 Å². The summed E-state index contributed by atoms with van der Waals surface area (Å²) in [5.41, 5.74) is 2.73. The van der Waals surface area contributed by atoms with Crippen LogP contribution >= 0.6 is 15.9 Å². The van der Waals surface area contributed by atoms with Crippen molar-refractivity contribution in [2.45, 2.75) is 38.8 Å². The molecule has 0 heterocycles. The minimum Gasteiger partial charge on any atom is -0.307 e. The molecule has 106 valence electrons. The fourth-order valence-corrected chi connectivity index (χ4v) is 2.69. The number of halogens is 1. The van der Waals surface area contributed by atoms with E-state index in [1.54, 1.807) is 0 Å². The number of hydrogen-bond acceptors (Lipinski definition) is 1. The SMILES string of the molecule is CCC(Cc1ccccc1)N[C@@H](C)c1ccc(Br)cc1. The van der Waals surface area contributed by atoms with Gasteiger partial charge >= 0.3 is 0 Å². The average Bonchev–Trinajstić information content (AvgIpc) is 2.48. The van der Waals surface area contributed by atoms with Gasteiger partial charge in [-0.25, -0.2) is 0 Å². The Morgan fingerprint density at radius 2 is 1.65 bits per heavy atom. The van der Waals surface area contributed by atoms with Gasteiger partial charge in [-0.3, -0.25) is 0 Å². The molecule has 2 aromatic rings. The molecular formula is C18H22BrN. The van der Waals surface area contributed by atoms with Gasteiger partial charge in [-0.05, 0) is 43.0 Å². The topological polar surface area (TPSA) is 12.0 Å². The molecule has 0 saturated heterocycles. The summed E-state index contributed by atoms with van der Waals surface area (Å²) < 4.78 is 1.13. The molecule has 0 aliphatic rings. The summed E-state index contributed by atoms with van der Waals surface area (Å²) in [6.07, 6.45) is 2.22. The Kier molecular flexibility index (Phi) is 5.81. The highest BCUT2D eigenvalue weighted by atomic mass is 79.9. The Bertz CT molecular complexity index is 507. The molecule has 0 bridgehead atoms. The van der Waals surface area contributed by atoms with Gasteiger partial charge in [0.15, 0.2) is 0 Å². The lowest BCUT2D eigenvalue weighted by molar-refractivity contribution is 0.440. The van der Waals surface area contributed by atoms with Gasteiger partial charge in [-0.1, -0.05) is 65.3 Å². The Labute approximate surface area is 130 Å². The molecule has 0 radical (unpaired) electrons. The van der Waals surface area contributed by atoms with Gasteiger partial charge in [-0.15, -0.1) is 0 Å². The van der Waals surface area contributed by atoms with E-state index in [1.165, 1.54) is 11.1 Å². The first-order valence-electron chi connectivity index (χ1n) is 7.24. The van der Waals surface area contributed by atoms with E-state index >= 15 is 0 Å². The Morgan fingerprint density at radius 1 is 1.00 bits per heavy atom. The number of nitrogens with one attached hydrogen (secondary N) is 1. The lowest BCUT2D eigenvalue weighted by Gasteiger charge is -2.23. The van der Waals surface area contributed by atoms with Crippen molar-refractivity contribution in [1.29, 1.82) is 0 Å². The molecule has 1 nitrogen and oxygen atoms in total. The molecule has 0 aliphatic carbocycles. The molecule has 0 amide bonds. The first-order valence-corrected chi connectivity index (χ1v) is 8.03. The quantitative estimate of drug-likeness (QED) is 0.774. The number of hydrogen-bond donors (Lipinski definition) is 1. The smallest absolute Gasteiger partial charge is 0.0294 e. The molecular weight excluding hydrogens is 310 g/mol. The third-order valence-electron chi connectivity index (χ3n) is 3.67. The maximum Gasteiger partial charge on any atom is 0.0294 e. The van der Waals surface area contributed by atoms with E-state index in [9.17, 15) is 0 Å². The second-order valence-electron chi connectivity index (χ2n) is 5.23. The molecule has 2 rings (SSSR count). The highest BCUT2D eigenvalue weighted by molar-refractivity contribution is 9.10. The summed E-state index contributed by atoms with van der Waals surface area (Å²) >= 11 is 3.48. The third kappa shape index (κ3) is 4.46. The van der Waals surface area contributed by atoms with E-state index in [0.717, 1.165) is 17.3 Å². The van der Waals surface area contributed by atoms with Crippen LogP contribution in [0.4, 0.5) is 0 Å². The van der Waals surface area contributed by atoms with Crippen LogP contribution < -0.4 is 5.32 Å². The van der Waals surface area contributed by atoms with Crippen LogP contribution in [0.5, 0.6) is 0 Å². The first-order chi connectivity index (χ1) is 9.69. The number of rotatable bonds is 6. The lowest BCUT2D eigenvalue weighted by atomic mass is 10.0. The van der Waals surface area contributed by atoms with Crippen molar-refractivity contribution in [2.24, 2.45) is 0 Å². The van der Waals surface area contributed by atoms with Crippen LogP contribution in [0.3, 0.4) is 0 Å². The van der Waals surface area contributed by atoms with E-state index in [1.807, 2.05) is 0 Å². The molecule has 1 unspecified atom stereocenters. The summed E-state index contributed by atoms with van der Waals surface area (Å²) in [4.78, 5) is 0. The van der Waals surface area contributed by atoms with Gasteiger partial charge in [0, 0.05) is 16.6 Å². The predicted octanol–water partition coefficient (Wildman–Crippen LogP) is 5.12. The minimum absolute atomic E-state index is 0.372. The van der Waals surface area contributed by atoms with Gasteiger partial charge in [-0.2, -0.15) is 0 Å². The van der Waals surface area contributed by atoms with Crippen molar-refractivity contribution in [1.82, 2.24) is 5.32 Å². The molecule has 0 fully saturated rings. The van der Waals surface area contributed by atoms with Crippen LogP contribution in [-0.2, 0) is 6.42 Å². The second kappa shape index (κ2) is 7.61. The van der Waals surface area contributed by atoms with Crippen molar-refractivity contribution in [3.05, 3.63) is 70.2 Å². The molecule has 0 aromatic heterocycles. The summed E-state index contributed by atoms with van der Waals surface area (Å²) in [5.74, 6) is 0. The second-order valence-corrected chi connectivity index (χ2v) is 6.15. The summed E-state index contributed by atoms with van der Waals surface area (Å²) in [6.45, 7) is 4.48. The summed E-state index contributed by atoms with van der Waals surface area (Å²) in [6, 6.07) is 20.1. The van der Waals surface area contributed by atoms with Crippen LogP contribution in [0.25, 0.3) is 0 Å². The van der Waals surface area contributed by atoms with Crippen molar-refractivity contribution >= 4 is 15.9 Å². The van der Waals surface area contributed by atoms with Crippen molar-refractivity contribution in [3.8, 4) is 0 Å². The Balaban J connectivity index is 1.97. The summed E-state index contributed by atoms with van der Waals surface area (Å²) in [7, 11) is 0. The predicted molar refractivity (Wildman–Crippen MR) is 89.9 cm³/mol. The molecule has 2 aromatic carbocycles. The zero-order valence-corrected chi connectivity index (χ0v) is 13.7. The van der Waals surface area contributed by atoms with Gasteiger partial charge < -0.3 is 5.32 Å². The van der Waals surface area contributed by atoms with Gasteiger partial charge in [0.25, 0.3) is 0 Å². The van der Waals surface area contributed by atoms with Crippen molar-refractivity contribution in [3.63, 3.8) is 0 Å². The highest BCUT2D eigenvalue weighted by Crippen LogP contribution is 2.18. The van der Waals surface area contributed by atoms with E-state index in [2.05, 4.69) is 89.7 Å². The average molecular weight is 332 g/mol. The van der Waals surface area contributed by atoms with Crippen LogP contribution in [0.2, 0.25) is 0 Å². The van der Waals surface area contributed by atoms with E-state index in [-0.39, 0.29) is 0 Å². The zero-order chi connectivity index (χ0) is 14.4. The standard InChI is InChI=1S/C18H22BrN/c1-3-18(13-15-7-5-4-6-8-15)20-14(2)16-9-11-17(19)12-10-16/h4-12,14,18,20H,3,13H2,1-2H3/t14-,18?/m0/s1. The molecule has 0 spiro atoms. The van der Waals surface area contributed by atoms with E-state index in [0.29, 0.717) is 12.1 Å². The van der Waals surface area contributed by atoms with Crippen LogP contribution in [0.15, 0.2) is 59.1 Å². The third-order valence-corrected chi connectivity index (χ3v) is 4.20. The Hall–Kier alpha value is -1.12. The van der Waals surface area contributed by atoms with Crippen LogP contribution in [-0.4, -0.2) is 6.04 Å². The van der Waals surface area contributed by atoms with E-state index in [4.69, 9.17) is 0 Å².